The summed E-state index contributed by atoms with van der Waals surface area (Å²) in [5.74, 6) is 1.05. The van der Waals surface area contributed by atoms with E-state index in [0.29, 0.717) is 0 Å². The lowest BCUT2D eigenvalue weighted by atomic mass is 10.6. The van der Waals surface area contributed by atoms with E-state index in [9.17, 15) is 0 Å². The van der Waals surface area contributed by atoms with Crippen molar-refractivity contribution in [1.29, 1.82) is 0 Å². The molecule has 92 valence electrons. The summed E-state index contributed by atoms with van der Waals surface area (Å²) in [4.78, 5) is 0. The van der Waals surface area contributed by atoms with Crippen LogP contribution in [0.1, 0.15) is 13.3 Å². The second-order valence-electron chi connectivity index (χ2n) is 3.28. The van der Waals surface area contributed by atoms with Gasteiger partial charge in [-0.05, 0) is 16.8 Å². The molecule has 0 bridgehead atoms. The summed E-state index contributed by atoms with van der Waals surface area (Å²) in [6.45, 7) is 5.38. The van der Waals surface area contributed by atoms with Gasteiger partial charge in [0.05, 0.1) is 13.2 Å². The van der Waals surface area contributed by atoms with Gasteiger partial charge >= 0.3 is 0 Å². The fraction of sp³-hybridized carbons (Fsp3) is 0.889. The van der Waals surface area contributed by atoms with Crippen LogP contribution in [0, 0.1) is 0 Å². The molecule has 1 N–H and O–H groups in total. The first-order valence-electron chi connectivity index (χ1n) is 5.47. The van der Waals surface area contributed by atoms with Gasteiger partial charge in [-0.25, -0.2) is 4.68 Å². The van der Waals surface area contributed by atoms with Gasteiger partial charge in [-0.2, -0.15) is 0 Å². The standard InChI is InChI=1S/C9H19N5OS/c1-3-8-16-9-11-12-13-14(9)6-4-10-5-7-15-2/h10H,3-8H2,1-2H3. The average Bonchev–Trinajstić information content (AvgIpc) is 2.74. The van der Waals surface area contributed by atoms with Crippen molar-refractivity contribution < 1.29 is 4.74 Å². The van der Waals surface area contributed by atoms with E-state index in [2.05, 4.69) is 27.8 Å². The number of rotatable bonds is 9. The highest BCUT2D eigenvalue weighted by Gasteiger charge is 2.04. The van der Waals surface area contributed by atoms with Gasteiger partial charge in [0.1, 0.15) is 0 Å². The number of thioether (sulfide) groups is 1. The molecule has 6 nitrogen and oxygen atoms in total. The molecule has 1 rings (SSSR count). The van der Waals surface area contributed by atoms with Crippen molar-refractivity contribution in [2.24, 2.45) is 0 Å². The van der Waals surface area contributed by atoms with E-state index in [1.807, 2.05) is 4.68 Å². The van der Waals surface area contributed by atoms with Crippen LogP contribution in [0.25, 0.3) is 0 Å². The van der Waals surface area contributed by atoms with E-state index in [4.69, 9.17) is 4.74 Å². The van der Waals surface area contributed by atoms with Crippen molar-refractivity contribution in [2.75, 3.05) is 32.6 Å². The molecule has 0 spiro atoms. The Labute approximate surface area is 100 Å². The van der Waals surface area contributed by atoms with Crippen molar-refractivity contribution in [3.05, 3.63) is 0 Å². The third kappa shape index (κ3) is 4.91. The molecule has 1 heterocycles. The summed E-state index contributed by atoms with van der Waals surface area (Å²) in [5.41, 5.74) is 0. The highest BCUT2D eigenvalue weighted by atomic mass is 32.2. The quantitative estimate of drug-likeness (QED) is 0.502. The van der Waals surface area contributed by atoms with Gasteiger partial charge in [-0.1, -0.05) is 18.7 Å². The normalized spacial score (nSPS) is 10.9. The Bertz CT molecular complexity index is 281. The van der Waals surface area contributed by atoms with E-state index in [-0.39, 0.29) is 0 Å². The lowest BCUT2D eigenvalue weighted by Crippen LogP contribution is -2.24. The summed E-state index contributed by atoms with van der Waals surface area (Å²) in [5, 5.41) is 15.8. The van der Waals surface area contributed by atoms with Crippen LogP contribution in [0.5, 0.6) is 0 Å². The zero-order valence-electron chi connectivity index (χ0n) is 9.85. The summed E-state index contributed by atoms with van der Waals surface area (Å²) in [6, 6.07) is 0. The number of tetrazole rings is 1. The largest absolute Gasteiger partial charge is 0.383 e. The van der Waals surface area contributed by atoms with Crippen molar-refractivity contribution in [3.63, 3.8) is 0 Å². The Hall–Kier alpha value is -0.660. The number of ether oxygens (including phenoxy) is 1. The highest BCUT2D eigenvalue weighted by Crippen LogP contribution is 2.13. The summed E-state index contributed by atoms with van der Waals surface area (Å²) in [6.07, 6.45) is 1.13. The molecule has 1 aromatic rings. The molecule has 0 aliphatic rings. The minimum absolute atomic E-state index is 0.729. The van der Waals surface area contributed by atoms with Crippen molar-refractivity contribution in [1.82, 2.24) is 25.5 Å². The molecule has 0 aromatic carbocycles. The number of aromatic nitrogens is 4. The Morgan fingerprint density at radius 2 is 2.31 bits per heavy atom. The van der Waals surface area contributed by atoms with Crippen LogP contribution in [0.15, 0.2) is 5.16 Å². The molecule has 0 radical (unpaired) electrons. The van der Waals surface area contributed by atoms with Crippen molar-refractivity contribution in [2.45, 2.75) is 25.0 Å². The van der Waals surface area contributed by atoms with Gasteiger partial charge in [-0.15, -0.1) is 5.10 Å². The Kier molecular flexibility index (Phi) is 7.11. The molecule has 7 heteroatoms. The molecule has 1 aromatic heterocycles. The minimum Gasteiger partial charge on any atom is -0.383 e. The fourth-order valence-corrected chi connectivity index (χ4v) is 1.88. The molecule has 0 aliphatic carbocycles. The Morgan fingerprint density at radius 3 is 3.06 bits per heavy atom. The molecular weight excluding hydrogens is 226 g/mol. The predicted octanol–water partition coefficient (Wildman–Crippen LogP) is 0.411. The molecule has 0 fully saturated rings. The summed E-state index contributed by atoms with van der Waals surface area (Å²) < 4.78 is 6.78. The van der Waals surface area contributed by atoms with Crippen LogP contribution in [0.2, 0.25) is 0 Å². The molecule has 0 unspecified atom stereocenters. The number of nitrogens with one attached hydrogen (secondary N) is 1. The van der Waals surface area contributed by atoms with Gasteiger partial charge in [0.25, 0.3) is 0 Å². The first-order valence-corrected chi connectivity index (χ1v) is 6.45. The lowest BCUT2D eigenvalue weighted by Gasteiger charge is -2.05. The molecule has 0 saturated heterocycles. The summed E-state index contributed by atoms with van der Waals surface area (Å²) >= 11 is 1.70. The average molecular weight is 245 g/mol. The van der Waals surface area contributed by atoms with E-state index in [1.165, 1.54) is 0 Å². The second-order valence-corrected chi connectivity index (χ2v) is 4.34. The Balaban J connectivity index is 2.22. The van der Waals surface area contributed by atoms with Crippen molar-refractivity contribution >= 4 is 11.8 Å². The fourth-order valence-electron chi connectivity index (χ4n) is 1.12. The number of nitrogens with zero attached hydrogens (tertiary/aromatic N) is 4. The topological polar surface area (TPSA) is 64.9 Å². The van der Waals surface area contributed by atoms with Gasteiger partial charge < -0.3 is 10.1 Å². The molecule has 0 saturated carbocycles. The van der Waals surface area contributed by atoms with E-state index >= 15 is 0 Å². The van der Waals surface area contributed by atoms with Crippen LogP contribution < -0.4 is 5.32 Å². The van der Waals surface area contributed by atoms with Crippen LogP contribution in [0.4, 0.5) is 0 Å². The number of hydrogen-bond acceptors (Lipinski definition) is 6. The van der Waals surface area contributed by atoms with Gasteiger partial charge in [-0.3, -0.25) is 0 Å². The molecule has 0 amide bonds. The third-order valence-corrected chi connectivity index (χ3v) is 3.08. The zero-order chi connectivity index (χ0) is 11.6. The van der Waals surface area contributed by atoms with E-state index in [0.717, 1.165) is 43.6 Å². The van der Waals surface area contributed by atoms with Crippen molar-refractivity contribution in [3.8, 4) is 0 Å². The van der Waals surface area contributed by atoms with Crippen LogP contribution in [0.3, 0.4) is 0 Å². The monoisotopic (exact) mass is 245 g/mol. The predicted molar refractivity (Wildman–Crippen MR) is 63.6 cm³/mol. The number of hydrogen-bond donors (Lipinski definition) is 1. The second kappa shape index (κ2) is 8.49. The first-order chi connectivity index (χ1) is 7.88. The molecular formula is C9H19N5OS. The van der Waals surface area contributed by atoms with E-state index < -0.39 is 0 Å². The molecule has 0 aliphatic heterocycles. The lowest BCUT2D eigenvalue weighted by molar-refractivity contribution is 0.199. The van der Waals surface area contributed by atoms with Gasteiger partial charge in [0.2, 0.25) is 5.16 Å². The maximum atomic E-state index is 4.94. The molecule has 0 atom stereocenters. The smallest absolute Gasteiger partial charge is 0.209 e. The zero-order valence-corrected chi connectivity index (χ0v) is 10.7. The maximum absolute atomic E-state index is 4.94. The van der Waals surface area contributed by atoms with Crippen LogP contribution in [-0.4, -0.2) is 52.8 Å². The van der Waals surface area contributed by atoms with Gasteiger partial charge in [0, 0.05) is 26.0 Å². The van der Waals surface area contributed by atoms with Gasteiger partial charge in [0.15, 0.2) is 0 Å². The summed E-state index contributed by atoms with van der Waals surface area (Å²) in [7, 11) is 1.70. The SMILES string of the molecule is CCCSc1nnnn1CCNCCOC. The third-order valence-electron chi connectivity index (χ3n) is 1.92. The highest BCUT2D eigenvalue weighted by molar-refractivity contribution is 7.99. The number of methoxy groups -OCH3 is 1. The minimum atomic E-state index is 0.729. The first kappa shape index (κ1) is 13.4. The van der Waals surface area contributed by atoms with Crippen LogP contribution >= 0.6 is 11.8 Å². The maximum Gasteiger partial charge on any atom is 0.209 e. The molecule has 16 heavy (non-hydrogen) atoms. The van der Waals surface area contributed by atoms with E-state index in [1.54, 1.807) is 18.9 Å². The van der Waals surface area contributed by atoms with Crippen LogP contribution in [-0.2, 0) is 11.3 Å². The Morgan fingerprint density at radius 1 is 1.44 bits per heavy atom.